The van der Waals surface area contributed by atoms with Crippen molar-refractivity contribution in [2.45, 2.75) is 31.8 Å². The normalized spacial score (nSPS) is 17.9. The molecule has 0 spiro atoms. The number of esters is 1. The van der Waals surface area contributed by atoms with Crippen LogP contribution in [0.4, 0.5) is 0 Å². The Kier molecular flexibility index (Phi) is 5.84. The van der Waals surface area contributed by atoms with Crippen molar-refractivity contribution in [3.8, 4) is 0 Å². The van der Waals surface area contributed by atoms with Crippen LogP contribution >= 0.6 is 0 Å². The summed E-state index contributed by atoms with van der Waals surface area (Å²) in [6.45, 7) is 4.16. The van der Waals surface area contributed by atoms with Crippen LogP contribution < -0.4 is 0 Å². The highest BCUT2D eigenvalue weighted by Crippen LogP contribution is 2.21. The molecule has 4 heteroatoms. The lowest BCUT2D eigenvalue weighted by Crippen LogP contribution is -2.20. The van der Waals surface area contributed by atoms with Crippen molar-refractivity contribution in [1.82, 2.24) is 9.55 Å². The topological polar surface area (TPSA) is 44.1 Å². The molecule has 134 valence electrons. The standard InChI is InChI=1S/C22H24N2O2/c1-17-7-3-6-10-21(14-19-9-5-4-8-18(19)13-17)26-22(25)12-11-20-15-24(2)16-23-20/h3-6,8-9,11-12,15-16,21H,1,7,10,13-14H2,2H3. The number of carbonyl (C=O) groups excluding carboxylic acids is 1. The van der Waals surface area contributed by atoms with E-state index >= 15 is 0 Å². The lowest BCUT2D eigenvalue weighted by atomic mass is 9.93. The van der Waals surface area contributed by atoms with Gasteiger partial charge in [0.05, 0.1) is 12.0 Å². The summed E-state index contributed by atoms with van der Waals surface area (Å²) in [5.74, 6) is -0.340. The van der Waals surface area contributed by atoms with E-state index in [2.05, 4.69) is 35.8 Å². The molecule has 0 saturated heterocycles. The Morgan fingerprint density at radius 2 is 2.12 bits per heavy atom. The molecule has 1 aromatic carbocycles. The third-order valence-corrected chi connectivity index (χ3v) is 4.38. The zero-order chi connectivity index (χ0) is 18.4. The van der Waals surface area contributed by atoms with Crippen LogP contribution in [0.1, 0.15) is 29.7 Å². The zero-order valence-electron chi connectivity index (χ0n) is 15.1. The van der Waals surface area contributed by atoms with Gasteiger partial charge in [-0.3, -0.25) is 0 Å². The van der Waals surface area contributed by atoms with Crippen LogP contribution in [0.5, 0.6) is 0 Å². The van der Waals surface area contributed by atoms with E-state index in [1.807, 2.05) is 29.9 Å². The fraction of sp³-hybridized carbons (Fsp3) is 0.273. The molecule has 0 fully saturated rings. The predicted molar refractivity (Wildman–Crippen MR) is 103 cm³/mol. The van der Waals surface area contributed by atoms with Gasteiger partial charge in [0.2, 0.25) is 0 Å². The molecule has 1 atom stereocenters. The monoisotopic (exact) mass is 348 g/mol. The van der Waals surface area contributed by atoms with Gasteiger partial charge in [-0.25, -0.2) is 9.78 Å². The summed E-state index contributed by atoms with van der Waals surface area (Å²) < 4.78 is 7.54. The Morgan fingerprint density at radius 1 is 1.31 bits per heavy atom. The molecule has 0 N–H and O–H groups in total. The maximum atomic E-state index is 12.2. The van der Waals surface area contributed by atoms with Crippen molar-refractivity contribution >= 4 is 12.0 Å². The number of hydrogen-bond donors (Lipinski definition) is 0. The molecule has 0 amide bonds. The van der Waals surface area contributed by atoms with E-state index < -0.39 is 0 Å². The summed E-state index contributed by atoms with van der Waals surface area (Å²) in [6.07, 6.45) is 13.8. The highest BCUT2D eigenvalue weighted by Gasteiger charge is 2.16. The molecule has 0 aliphatic heterocycles. The molecule has 2 aromatic rings. The number of imidazole rings is 1. The number of aromatic nitrogens is 2. The van der Waals surface area contributed by atoms with Crippen molar-refractivity contribution in [3.63, 3.8) is 0 Å². The van der Waals surface area contributed by atoms with Gasteiger partial charge in [-0.1, -0.05) is 48.6 Å². The first-order valence-electron chi connectivity index (χ1n) is 8.85. The van der Waals surface area contributed by atoms with Gasteiger partial charge in [-0.15, -0.1) is 0 Å². The van der Waals surface area contributed by atoms with Crippen molar-refractivity contribution in [3.05, 3.63) is 84.0 Å². The fourth-order valence-corrected chi connectivity index (χ4v) is 3.06. The quantitative estimate of drug-likeness (QED) is 0.478. The minimum absolute atomic E-state index is 0.181. The van der Waals surface area contributed by atoms with Crippen molar-refractivity contribution < 1.29 is 9.53 Å². The second-order valence-electron chi connectivity index (χ2n) is 6.67. The number of fused-ring (bicyclic) bond motifs is 1. The summed E-state index contributed by atoms with van der Waals surface area (Å²) in [5.41, 5.74) is 4.41. The van der Waals surface area contributed by atoms with Gasteiger partial charge in [0.1, 0.15) is 6.10 Å². The van der Waals surface area contributed by atoms with Crippen LogP contribution in [0, 0.1) is 0 Å². The molecule has 1 aliphatic carbocycles. The molecule has 0 bridgehead atoms. The van der Waals surface area contributed by atoms with Crippen LogP contribution in [0.2, 0.25) is 0 Å². The number of hydrogen-bond acceptors (Lipinski definition) is 3. The minimum Gasteiger partial charge on any atom is -0.459 e. The van der Waals surface area contributed by atoms with Gasteiger partial charge in [-0.2, -0.15) is 0 Å². The first-order chi connectivity index (χ1) is 12.6. The molecular formula is C22H24N2O2. The van der Waals surface area contributed by atoms with E-state index in [1.54, 1.807) is 12.4 Å². The summed E-state index contributed by atoms with van der Waals surface area (Å²) in [5, 5.41) is 0. The van der Waals surface area contributed by atoms with Crippen LogP contribution in [-0.4, -0.2) is 21.6 Å². The van der Waals surface area contributed by atoms with Gasteiger partial charge in [0.15, 0.2) is 0 Å². The van der Waals surface area contributed by atoms with E-state index in [0.717, 1.165) is 18.5 Å². The highest BCUT2D eigenvalue weighted by molar-refractivity contribution is 5.86. The summed E-state index contributed by atoms with van der Waals surface area (Å²) in [6, 6.07) is 8.32. The van der Waals surface area contributed by atoms with E-state index in [9.17, 15) is 4.79 Å². The minimum atomic E-state index is -0.340. The van der Waals surface area contributed by atoms with Gasteiger partial charge in [-0.05, 0) is 30.0 Å². The second-order valence-corrected chi connectivity index (χ2v) is 6.67. The summed E-state index contributed by atoms with van der Waals surface area (Å²) in [7, 11) is 1.89. The van der Waals surface area contributed by atoms with Crippen molar-refractivity contribution in [2.24, 2.45) is 7.05 Å². The van der Waals surface area contributed by atoms with Gasteiger partial charge >= 0.3 is 5.97 Å². The average Bonchev–Trinajstić information content (AvgIpc) is 3.04. The largest absolute Gasteiger partial charge is 0.459 e. The number of rotatable bonds is 3. The first kappa shape index (κ1) is 17.9. The number of ether oxygens (including phenoxy) is 1. The molecule has 3 rings (SSSR count). The third-order valence-electron chi connectivity index (χ3n) is 4.38. The maximum absolute atomic E-state index is 12.2. The van der Waals surface area contributed by atoms with Gasteiger partial charge in [0, 0.05) is 32.2 Å². The average molecular weight is 348 g/mol. The maximum Gasteiger partial charge on any atom is 0.331 e. The molecule has 26 heavy (non-hydrogen) atoms. The third kappa shape index (κ3) is 5.06. The number of aryl methyl sites for hydroxylation is 1. The van der Waals surface area contributed by atoms with Gasteiger partial charge in [0.25, 0.3) is 0 Å². The number of allylic oxidation sites excluding steroid dienone is 2. The van der Waals surface area contributed by atoms with E-state index in [4.69, 9.17) is 4.74 Å². The molecule has 1 aromatic heterocycles. The number of nitrogens with zero attached hydrogens (tertiary/aromatic N) is 2. The Hall–Kier alpha value is -2.88. The predicted octanol–water partition coefficient (Wildman–Crippen LogP) is 4.04. The SMILES string of the molecule is C=C1CC=CCC(OC(=O)C=Cc2cn(C)cn2)Cc2ccccc2C1. The van der Waals surface area contributed by atoms with Crippen LogP contribution in [0.3, 0.4) is 0 Å². The molecule has 1 heterocycles. The highest BCUT2D eigenvalue weighted by atomic mass is 16.5. The second kappa shape index (κ2) is 8.48. The van der Waals surface area contributed by atoms with E-state index in [-0.39, 0.29) is 12.1 Å². The molecule has 4 nitrogen and oxygen atoms in total. The Labute approximate surface area is 154 Å². The lowest BCUT2D eigenvalue weighted by Gasteiger charge is -2.19. The Balaban J connectivity index is 1.70. The molecule has 1 aliphatic rings. The van der Waals surface area contributed by atoms with Crippen LogP contribution in [0.25, 0.3) is 6.08 Å². The van der Waals surface area contributed by atoms with Crippen LogP contribution in [0.15, 0.2) is 67.2 Å². The first-order valence-corrected chi connectivity index (χ1v) is 8.85. The fourth-order valence-electron chi connectivity index (χ4n) is 3.06. The smallest absolute Gasteiger partial charge is 0.331 e. The molecule has 0 saturated carbocycles. The molecule has 0 radical (unpaired) electrons. The molecular weight excluding hydrogens is 324 g/mol. The van der Waals surface area contributed by atoms with Crippen molar-refractivity contribution in [1.29, 1.82) is 0 Å². The number of benzene rings is 1. The van der Waals surface area contributed by atoms with E-state index in [0.29, 0.717) is 12.8 Å². The number of carbonyl (C=O) groups is 1. The van der Waals surface area contributed by atoms with Crippen molar-refractivity contribution in [2.75, 3.05) is 0 Å². The zero-order valence-corrected chi connectivity index (χ0v) is 15.1. The van der Waals surface area contributed by atoms with Crippen LogP contribution in [-0.2, 0) is 29.4 Å². The lowest BCUT2D eigenvalue weighted by molar-refractivity contribution is -0.142. The Morgan fingerprint density at radius 3 is 2.88 bits per heavy atom. The molecule has 1 unspecified atom stereocenters. The summed E-state index contributed by atoms with van der Waals surface area (Å²) >= 11 is 0. The van der Waals surface area contributed by atoms with E-state index in [1.165, 1.54) is 22.8 Å². The summed E-state index contributed by atoms with van der Waals surface area (Å²) in [4.78, 5) is 16.4. The Bertz CT molecular complexity index is 845. The van der Waals surface area contributed by atoms with Gasteiger partial charge < -0.3 is 9.30 Å².